The lowest BCUT2D eigenvalue weighted by molar-refractivity contribution is -0.141. The van der Waals surface area contributed by atoms with Crippen LogP contribution < -0.4 is 0 Å². The van der Waals surface area contributed by atoms with Gasteiger partial charge in [0.05, 0.1) is 12.5 Å². The predicted molar refractivity (Wildman–Crippen MR) is 110 cm³/mol. The number of nitrogens with one attached hydrogen (secondary N) is 1. The number of ether oxygens (including phenoxy) is 2. The Balaban J connectivity index is 1.37. The van der Waals surface area contributed by atoms with Crippen molar-refractivity contribution >= 4 is 22.7 Å². The summed E-state index contributed by atoms with van der Waals surface area (Å²) in [6, 6.07) is 9.67. The molecule has 29 heavy (non-hydrogen) atoms. The van der Waals surface area contributed by atoms with Crippen molar-refractivity contribution in [1.29, 1.82) is 0 Å². The van der Waals surface area contributed by atoms with Crippen LogP contribution >= 0.6 is 0 Å². The topological polar surface area (TPSA) is 73.3 Å². The smallest absolute Gasteiger partial charge is 0.310 e. The molecule has 1 unspecified atom stereocenters. The molecule has 4 rings (SSSR count). The molecule has 0 bridgehead atoms. The number of Topliss-reactive ketones (excluding diaryl/α,β-unsaturated/α-hetero) is 1. The molecule has 6 heteroatoms. The number of carbonyl (C=O) groups is 2. The number of para-hydroxylation sites is 1. The number of aromatic amines is 1. The number of benzene rings is 1. The third-order valence-corrected chi connectivity index (χ3v) is 5.66. The number of fused-ring (bicyclic) bond motifs is 1. The van der Waals surface area contributed by atoms with Gasteiger partial charge in [-0.15, -0.1) is 0 Å². The molecular formula is C23H26N2O4. The number of rotatable bonds is 7. The van der Waals surface area contributed by atoms with Gasteiger partial charge in [-0.25, -0.2) is 0 Å². The normalized spacial score (nSPS) is 16.4. The molecule has 2 aromatic heterocycles. The van der Waals surface area contributed by atoms with Crippen LogP contribution in [0.1, 0.15) is 40.2 Å². The molecule has 0 amide bonds. The summed E-state index contributed by atoms with van der Waals surface area (Å²) < 4.78 is 13.1. The minimum Gasteiger partial charge on any atom is -0.457 e. The molecule has 3 heterocycles. The lowest BCUT2D eigenvalue weighted by Crippen LogP contribution is -2.18. The SMILES string of the molecule is Cc1cc(C(=O)COC(=O)Cc2c[nH]c3ccccc23)c(C)n1CC1CCCO1. The van der Waals surface area contributed by atoms with E-state index >= 15 is 0 Å². The largest absolute Gasteiger partial charge is 0.457 e. The number of hydrogen-bond donors (Lipinski definition) is 1. The lowest BCUT2D eigenvalue weighted by atomic mass is 10.1. The van der Waals surface area contributed by atoms with Gasteiger partial charge in [-0.3, -0.25) is 9.59 Å². The standard InChI is InChI=1S/C23H26N2O4/c1-15-10-20(16(2)25(15)13-18-6-5-9-28-18)22(26)14-29-23(27)11-17-12-24-21-8-4-3-7-19(17)21/h3-4,7-8,10,12,18,24H,5-6,9,11,13-14H2,1-2H3. The third-order valence-electron chi connectivity index (χ3n) is 5.66. The molecule has 0 saturated carbocycles. The van der Waals surface area contributed by atoms with Crippen LogP contribution in [0.5, 0.6) is 0 Å². The molecule has 3 aromatic rings. The van der Waals surface area contributed by atoms with Gasteiger partial charge < -0.3 is 19.0 Å². The fourth-order valence-corrected chi connectivity index (χ4v) is 4.06. The maximum atomic E-state index is 12.7. The van der Waals surface area contributed by atoms with Gasteiger partial charge in [0.25, 0.3) is 0 Å². The maximum absolute atomic E-state index is 12.7. The van der Waals surface area contributed by atoms with E-state index in [0.717, 1.165) is 53.8 Å². The van der Waals surface area contributed by atoms with E-state index in [1.807, 2.05) is 50.4 Å². The maximum Gasteiger partial charge on any atom is 0.310 e. The molecule has 1 aliphatic heterocycles. The van der Waals surface area contributed by atoms with Crippen molar-refractivity contribution in [2.75, 3.05) is 13.2 Å². The van der Waals surface area contributed by atoms with Gasteiger partial charge in [-0.1, -0.05) is 18.2 Å². The third kappa shape index (κ3) is 4.12. The summed E-state index contributed by atoms with van der Waals surface area (Å²) in [5.41, 5.74) is 4.38. The Hall–Kier alpha value is -2.86. The van der Waals surface area contributed by atoms with Gasteiger partial charge in [0.2, 0.25) is 5.78 Å². The number of nitrogens with zero attached hydrogens (tertiary/aromatic N) is 1. The van der Waals surface area contributed by atoms with Crippen molar-refractivity contribution in [3.05, 3.63) is 59.0 Å². The highest BCUT2D eigenvalue weighted by atomic mass is 16.5. The first-order valence-corrected chi connectivity index (χ1v) is 10.0. The lowest BCUT2D eigenvalue weighted by Gasteiger charge is -2.14. The van der Waals surface area contributed by atoms with Gasteiger partial charge in [-0.2, -0.15) is 0 Å². The molecular weight excluding hydrogens is 368 g/mol. The molecule has 0 radical (unpaired) electrons. The second kappa shape index (κ2) is 8.25. The van der Waals surface area contributed by atoms with Crippen molar-refractivity contribution < 1.29 is 19.1 Å². The zero-order valence-corrected chi connectivity index (χ0v) is 16.9. The second-order valence-electron chi connectivity index (χ2n) is 7.65. The molecule has 1 fully saturated rings. The first kappa shape index (κ1) is 19.5. The quantitative estimate of drug-likeness (QED) is 0.489. The van der Waals surface area contributed by atoms with E-state index in [0.29, 0.717) is 5.56 Å². The van der Waals surface area contributed by atoms with E-state index < -0.39 is 5.97 Å². The van der Waals surface area contributed by atoms with Crippen LogP contribution in [0.15, 0.2) is 36.5 Å². The van der Waals surface area contributed by atoms with Gasteiger partial charge >= 0.3 is 5.97 Å². The molecule has 152 valence electrons. The molecule has 0 spiro atoms. The van der Waals surface area contributed by atoms with Crippen LogP contribution in [0.3, 0.4) is 0 Å². The number of carbonyl (C=O) groups excluding carboxylic acids is 2. The fraction of sp³-hybridized carbons (Fsp3) is 0.391. The van der Waals surface area contributed by atoms with E-state index in [1.54, 1.807) is 0 Å². The Labute approximate surface area is 169 Å². The second-order valence-corrected chi connectivity index (χ2v) is 7.65. The molecule has 1 aromatic carbocycles. The summed E-state index contributed by atoms with van der Waals surface area (Å²) in [5, 5.41) is 0.994. The van der Waals surface area contributed by atoms with Crippen molar-refractivity contribution in [2.45, 2.75) is 45.8 Å². The monoisotopic (exact) mass is 394 g/mol. The molecule has 1 saturated heterocycles. The number of H-pyrrole nitrogens is 1. The average Bonchev–Trinajstić information content (AvgIpc) is 3.43. The fourth-order valence-electron chi connectivity index (χ4n) is 4.06. The van der Waals surface area contributed by atoms with Crippen molar-refractivity contribution in [3.8, 4) is 0 Å². The number of esters is 1. The van der Waals surface area contributed by atoms with E-state index in [2.05, 4.69) is 9.55 Å². The Bertz CT molecular complexity index is 1040. The van der Waals surface area contributed by atoms with Crippen LogP contribution in [0.2, 0.25) is 0 Å². The zero-order chi connectivity index (χ0) is 20.4. The highest BCUT2D eigenvalue weighted by Crippen LogP contribution is 2.21. The summed E-state index contributed by atoms with van der Waals surface area (Å²) in [5.74, 6) is -0.583. The number of ketones is 1. The first-order valence-electron chi connectivity index (χ1n) is 10.0. The van der Waals surface area contributed by atoms with E-state index in [4.69, 9.17) is 9.47 Å². The molecule has 1 N–H and O–H groups in total. The van der Waals surface area contributed by atoms with Crippen molar-refractivity contribution in [3.63, 3.8) is 0 Å². The minimum absolute atomic E-state index is 0.134. The van der Waals surface area contributed by atoms with Crippen LogP contribution in [-0.2, 0) is 27.2 Å². The minimum atomic E-state index is -0.406. The Morgan fingerprint density at radius 1 is 1.28 bits per heavy atom. The van der Waals surface area contributed by atoms with Crippen LogP contribution in [0.4, 0.5) is 0 Å². The number of aryl methyl sites for hydroxylation is 1. The Kier molecular flexibility index (Phi) is 5.53. The van der Waals surface area contributed by atoms with Gasteiger partial charge in [0, 0.05) is 47.2 Å². The van der Waals surface area contributed by atoms with Crippen molar-refractivity contribution in [1.82, 2.24) is 9.55 Å². The Morgan fingerprint density at radius 2 is 2.10 bits per heavy atom. The van der Waals surface area contributed by atoms with Crippen LogP contribution in [0.25, 0.3) is 10.9 Å². The number of aromatic nitrogens is 2. The molecule has 1 atom stereocenters. The summed E-state index contributed by atoms with van der Waals surface area (Å²) in [4.78, 5) is 28.1. The highest BCUT2D eigenvalue weighted by Gasteiger charge is 2.22. The zero-order valence-electron chi connectivity index (χ0n) is 16.9. The molecule has 6 nitrogen and oxygen atoms in total. The van der Waals surface area contributed by atoms with E-state index in [9.17, 15) is 9.59 Å². The van der Waals surface area contributed by atoms with Crippen LogP contribution in [0, 0.1) is 13.8 Å². The van der Waals surface area contributed by atoms with Gasteiger partial charge in [0.1, 0.15) is 0 Å². The van der Waals surface area contributed by atoms with Crippen LogP contribution in [-0.4, -0.2) is 40.6 Å². The van der Waals surface area contributed by atoms with E-state index in [1.165, 1.54) is 0 Å². The number of hydrogen-bond acceptors (Lipinski definition) is 4. The van der Waals surface area contributed by atoms with E-state index in [-0.39, 0.29) is 24.9 Å². The molecule has 1 aliphatic rings. The van der Waals surface area contributed by atoms with Crippen molar-refractivity contribution in [2.24, 2.45) is 0 Å². The molecule has 0 aliphatic carbocycles. The Morgan fingerprint density at radius 3 is 2.90 bits per heavy atom. The summed E-state index contributed by atoms with van der Waals surface area (Å²) >= 11 is 0. The summed E-state index contributed by atoms with van der Waals surface area (Å²) in [6.07, 6.45) is 4.28. The highest BCUT2D eigenvalue weighted by molar-refractivity contribution is 5.99. The summed E-state index contributed by atoms with van der Waals surface area (Å²) in [6.45, 7) is 5.24. The first-order chi connectivity index (χ1) is 14.0. The summed E-state index contributed by atoms with van der Waals surface area (Å²) in [7, 11) is 0. The van der Waals surface area contributed by atoms with Gasteiger partial charge in [0.15, 0.2) is 6.61 Å². The van der Waals surface area contributed by atoms with Gasteiger partial charge in [-0.05, 0) is 44.4 Å². The predicted octanol–water partition coefficient (Wildman–Crippen LogP) is 3.73. The average molecular weight is 394 g/mol.